The van der Waals surface area contributed by atoms with E-state index in [0.29, 0.717) is 11.8 Å². The van der Waals surface area contributed by atoms with Gasteiger partial charge in [-0.3, -0.25) is 4.90 Å². The maximum Gasteiger partial charge on any atom is 0.254 e. The molecule has 0 saturated carbocycles. The molecule has 0 bridgehead atoms. The second-order valence-electron chi connectivity index (χ2n) is 5.91. The molecular formula is C16H20N6S. The largest absolute Gasteiger partial charge is 0.368 e. The zero-order chi connectivity index (χ0) is 15.6. The number of nitrogens with zero attached hydrogens (tertiary/aromatic N) is 5. The fourth-order valence-corrected chi connectivity index (χ4v) is 4.06. The molecule has 1 fully saturated rings. The average Bonchev–Trinajstić information content (AvgIpc) is 3.29. The summed E-state index contributed by atoms with van der Waals surface area (Å²) < 4.78 is 1.77. The van der Waals surface area contributed by atoms with Gasteiger partial charge in [-0.1, -0.05) is 6.07 Å². The molecule has 1 saturated heterocycles. The van der Waals surface area contributed by atoms with Gasteiger partial charge in [0.2, 0.25) is 0 Å². The highest BCUT2D eigenvalue weighted by Crippen LogP contribution is 2.28. The number of thiophene rings is 1. The highest BCUT2D eigenvalue weighted by molar-refractivity contribution is 7.10. The zero-order valence-electron chi connectivity index (χ0n) is 13.1. The van der Waals surface area contributed by atoms with Gasteiger partial charge in [-0.15, -0.1) is 11.3 Å². The van der Waals surface area contributed by atoms with E-state index in [0.717, 1.165) is 18.1 Å². The number of hydrogen-bond donors (Lipinski definition) is 1. The SMILES string of the molecule is Cc1cc(NCC(c2cccs2)N2CCCC2)n2ncnc2n1. The van der Waals surface area contributed by atoms with E-state index in [1.807, 2.05) is 24.3 Å². The first-order valence-electron chi connectivity index (χ1n) is 8.00. The first kappa shape index (κ1) is 14.6. The van der Waals surface area contributed by atoms with Gasteiger partial charge in [0.15, 0.2) is 0 Å². The van der Waals surface area contributed by atoms with Crippen LogP contribution < -0.4 is 5.32 Å². The van der Waals surface area contributed by atoms with Crippen molar-refractivity contribution in [2.45, 2.75) is 25.8 Å². The van der Waals surface area contributed by atoms with E-state index in [1.165, 1.54) is 30.8 Å². The third kappa shape index (κ3) is 2.94. The Kier molecular flexibility index (Phi) is 3.97. The van der Waals surface area contributed by atoms with Crippen molar-refractivity contribution < 1.29 is 0 Å². The number of fused-ring (bicyclic) bond motifs is 1. The van der Waals surface area contributed by atoms with Gasteiger partial charge in [-0.25, -0.2) is 4.98 Å². The van der Waals surface area contributed by atoms with Crippen LogP contribution in [0.1, 0.15) is 29.5 Å². The van der Waals surface area contributed by atoms with Crippen LogP contribution in [0.5, 0.6) is 0 Å². The lowest BCUT2D eigenvalue weighted by molar-refractivity contribution is 0.259. The molecule has 0 amide bonds. The van der Waals surface area contributed by atoms with Gasteiger partial charge in [-0.05, 0) is 44.3 Å². The highest BCUT2D eigenvalue weighted by Gasteiger charge is 2.24. The van der Waals surface area contributed by atoms with Gasteiger partial charge in [0, 0.05) is 23.2 Å². The van der Waals surface area contributed by atoms with Crippen molar-refractivity contribution in [1.29, 1.82) is 0 Å². The number of aryl methyl sites for hydroxylation is 1. The number of anilines is 1. The topological polar surface area (TPSA) is 58.4 Å². The van der Waals surface area contributed by atoms with Crippen molar-refractivity contribution in [2.75, 3.05) is 25.0 Å². The van der Waals surface area contributed by atoms with Crippen molar-refractivity contribution in [2.24, 2.45) is 0 Å². The van der Waals surface area contributed by atoms with Crippen molar-refractivity contribution >= 4 is 22.9 Å². The molecule has 1 N–H and O–H groups in total. The van der Waals surface area contributed by atoms with Crippen molar-refractivity contribution in [3.63, 3.8) is 0 Å². The van der Waals surface area contributed by atoms with Gasteiger partial charge < -0.3 is 5.32 Å². The van der Waals surface area contributed by atoms with Crippen molar-refractivity contribution in [1.82, 2.24) is 24.5 Å². The molecule has 120 valence electrons. The van der Waals surface area contributed by atoms with E-state index in [9.17, 15) is 0 Å². The van der Waals surface area contributed by atoms with E-state index in [4.69, 9.17) is 0 Å². The Morgan fingerprint density at radius 1 is 1.35 bits per heavy atom. The van der Waals surface area contributed by atoms with E-state index in [-0.39, 0.29) is 0 Å². The number of nitrogens with one attached hydrogen (secondary N) is 1. The third-order valence-electron chi connectivity index (χ3n) is 4.31. The number of hydrogen-bond acceptors (Lipinski definition) is 6. The van der Waals surface area contributed by atoms with Gasteiger partial charge in [0.25, 0.3) is 5.78 Å². The summed E-state index contributed by atoms with van der Waals surface area (Å²) >= 11 is 1.83. The van der Waals surface area contributed by atoms with Gasteiger partial charge in [0.1, 0.15) is 12.1 Å². The van der Waals surface area contributed by atoms with E-state index < -0.39 is 0 Å². The van der Waals surface area contributed by atoms with Crippen LogP contribution in [0.3, 0.4) is 0 Å². The Labute approximate surface area is 139 Å². The maximum absolute atomic E-state index is 4.39. The molecule has 4 heterocycles. The first-order chi connectivity index (χ1) is 11.3. The van der Waals surface area contributed by atoms with Crippen LogP contribution in [0, 0.1) is 6.92 Å². The van der Waals surface area contributed by atoms with E-state index >= 15 is 0 Å². The maximum atomic E-state index is 4.39. The molecule has 0 aliphatic carbocycles. The lowest BCUT2D eigenvalue weighted by Gasteiger charge is -2.27. The molecule has 6 nitrogen and oxygen atoms in total. The fourth-order valence-electron chi connectivity index (χ4n) is 3.20. The molecule has 23 heavy (non-hydrogen) atoms. The molecule has 0 radical (unpaired) electrons. The van der Waals surface area contributed by atoms with Crippen molar-refractivity contribution in [3.05, 3.63) is 40.5 Å². The predicted octanol–water partition coefficient (Wildman–Crippen LogP) is 2.74. The summed E-state index contributed by atoms with van der Waals surface area (Å²) in [5.74, 6) is 1.59. The molecule has 1 unspecified atom stereocenters. The molecular weight excluding hydrogens is 308 g/mol. The minimum Gasteiger partial charge on any atom is -0.368 e. The van der Waals surface area contributed by atoms with Gasteiger partial charge in [0.05, 0.1) is 6.04 Å². The standard InChI is InChI=1S/C16H20N6S/c1-12-9-15(22-16(20-12)18-11-19-22)17-10-13(14-5-4-8-23-14)21-6-2-3-7-21/h4-5,8-9,11,13,17H,2-3,6-7,10H2,1H3. The van der Waals surface area contributed by atoms with E-state index in [2.05, 4.69) is 42.8 Å². The average molecular weight is 328 g/mol. The summed E-state index contributed by atoms with van der Waals surface area (Å²) in [6.45, 7) is 5.20. The molecule has 1 atom stereocenters. The Balaban J connectivity index is 1.58. The van der Waals surface area contributed by atoms with Crippen LogP contribution in [0.25, 0.3) is 5.78 Å². The molecule has 4 rings (SSSR count). The van der Waals surface area contributed by atoms with Crippen LogP contribution in [-0.2, 0) is 0 Å². The Morgan fingerprint density at radius 2 is 2.22 bits per heavy atom. The lowest BCUT2D eigenvalue weighted by Crippen LogP contribution is -2.30. The third-order valence-corrected chi connectivity index (χ3v) is 5.28. The summed E-state index contributed by atoms with van der Waals surface area (Å²) in [7, 11) is 0. The summed E-state index contributed by atoms with van der Waals surface area (Å²) in [5, 5.41) is 9.99. The second kappa shape index (κ2) is 6.25. The van der Waals surface area contributed by atoms with Gasteiger partial charge in [-0.2, -0.15) is 14.6 Å². The monoisotopic (exact) mass is 328 g/mol. The van der Waals surface area contributed by atoms with Crippen LogP contribution in [0.15, 0.2) is 29.9 Å². The molecule has 0 spiro atoms. The van der Waals surface area contributed by atoms with Crippen LogP contribution in [0.2, 0.25) is 0 Å². The van der Waals surface area contributed by atoms with E-state index in [1.54, 1.807) is 10.8 Å². The minimum absolute atomic E-state index is 0.407. The minimum atomic E-state index is 0.407. The normalized spacial score (nSPS) is 16.9. The molecule has 0 aromatic carbocycles. The molecule has 3 aromatic heterocycles. The number of aromatic nitrogens is 4. The molecule has 1 aliphatic heterocycles. The Morgan fingerprint density at radius 3 is 3.00 bits per heavy atom. The summed E-state index contributed by atoms with van der Waals surface area (Å²) in [6, 6.07) is 6.80. The summed E-state index contributed by atoms with van der Waals surface area (Å²) in [6.07, 6.45) is 4.14. The van der Waals surface area contributed by atoms with Gasteiger partial charge >= 0.3 is 0 Å². The first-order valence-corrected chi connectivity index (χ1v) is 8.88. The van der Waals surface area contributed by atoms with Crippen LogP contribution in [0.4, 0.5) is 5.82 Å². The quantitative estimate of drug-likeness (QED) is 0.780. The Hall–Kier alpha value is -1.99. The fraction of sp³-hybridized carbons (Fsp3) is 0.438. The predicted molar refractivity (Wildman–Crippen MR) is 91.9 cm³/mol. The summed E-state index contributed by atoms with van der Waals surface area (Å²) in [4.78, 5) is 12.6. The number of likely N-dealkylation sites (tertiary alicyclic amines) is 1. The van der Waals surface area contributed by atoms with Crippen LogP contribution >= 0.6 is 11.3 Å². The number of rotatable bonds is 5. The van der Waals surface area contributed by atoms with Crippen LogP contribution in [-0.4, -0.2) is 44.1 Å². The molecule has 3 aromatic rings. The molecule has 1 aliphatic rings. The lowest BCUT2D eigenvalue weighted by atomic mass is 10.2. The zero-order valence-corrected chi connectivity index (χ0v) is 14.0. The Bertz CT molecular complexity index is 775. The summed E-state index contributed by atoms with van der Waals surface area (Å²) in [5.41, 5.74) is 0.946. The highest BCUT2D eigenvalue weighted by atomic mass is 32.1. The van der Waals surface area contributed by atoms with Crippen molar-refractivity contribution in [3.8, 4) is 0 Å². The molecule has 7 heteroatoms. The smallest absolute Gasteiger partial charge is 0.254 e. The second-order valence-corrected chi connectivity index (χ2v) is 6.89.